The van der Waals surface area contributed by atoms with Crippen LogP contribution in [0.4, 0.5) is 0 Å². The van der Waals surface area contributed by atoms with Gasteiger partial charge in [-0.1, -0.05) is 74.4 Å². The first-order chi connectivity index (χ1) is 14.5. The Morgan fingerprint density at radius 1 is 0.906 bits per heavy atom. The number of nitrogens with zero attached hydrogens (tertiary/aromatic N) is 4. The summed E-state index contributed by atoms with van der Waals surface area (Å²) in [6, 6.07) is 8.05. The van der Waals surface area contributed by atoms with Gasteiger partial charge in [0.25, 0.3) is 0 Å². The normalized spacial score (nSPS) is 17.7. The number of nitrogens with two attached hydrogens (primary N) is 2. The van der Waals surface area contributed by atoms with Crippen molar-refractivity contribution >= 4 is 5.84 Å². The maximum atomic E-state index is 9.69. The van der Waals surface area contributed by atoms with Gasteiger partial charge in [0.15, 0.2) is 11.7 Å². The van der Waals surface area contributed by atoms with Crippen molar-refractivity contribution in [1.82, 2.24) is 4.90 Å². The predicted molar refractivity (Wildman–Crippen MR) is 131 cm³/mol. The minimum Gasteiger partial charge on any atom is -0.384 e. The first kappa shape index (κ1) is 25.3. The van der Waals surface area contributed by atoms with Gasteiger partial charge in [-0.15, -0.1) is 0 Å². The van der Waals surface area contributed by atoms with Gasteiger partial charge in [-0.3, -0.25) is 0 Å². The molecule has 32 heavy (non-hydrogen) atoms. The molecule has 1 aromatic rings. The maximum absolute atomic E-state index is 9.69. The van der Waals surface area contributed by atoms with E-state index < -0.39 is 6.04 Å². The molecule has 1 atom stereocenters. The zero-order valence-corrected chi connectivity index (χ0v) is 21.1. The van der Waals surface area contributed by atoms with Crippen molar-refractivity contribution in [1.29, 1.82) is 10.5 Å². The number of hydrogen-bond donors (Lipinski definition) is 2. The smallest absolute Gasteiger partial charge is 0.182 e. The van der Waals surface area contributed by atoms with Gasteiger partial charge in [-0.05, 0) is 44.9 Å². The number of allylic oxidation sites excluding steroid dienone is 1. The van der Waals surface area contributed by atoms with Crippen LogP contribution in [0.1, 0.15) is 84.6 Å². The van der Waals surface area contributed by atoms with Crippen LogP contribution in [0.15, 0.2) is 28.6 Å². The summed E-state index contributed by atoms with van der Waals surface area (Å²) >= 11 is 0. The first-order valence-electron chi connectivity index (χ1n) is 11.1. The van der Waals surface area contributed by atoms with E-state index in [4.69, 9.17) is 11.5 Å². The molecule has 0 saturated heterocycles. The summed E-state index contributed by atoms with van der Waals surface area (Å²) in [7, 11) is 0. The average molecular weight is 435 g/mol. The van der Waals surface area contributed by atoms with E-state index >= 15 is 0 Å². The van der Waals surface area contributed by atoms with E-state index in [1.54, 1.807) is 4.90 Å². The van der Waals surface area contributed by atoms with Crippen LogP contribution in [0.3, 0.4) is 0 Å². The molecule has 1 aromatic carbocycles. The third-order valence-corrected chi connectivity index (χ3v) is 5.95. The second-order valence-electron chi connectivity index (χ2n) is 11.7. The third-order valence-electron chi connectivity index (χ3n) is 5.95. The second kappa shape index (κ2) is 8.51. The Hall–Kier alpha value is -2.99. The van der Waals surface area contributed by atoms with Crippen molar-refractivity contribution in [3.05, 3.63) is 45.9 Å². The average Bonchev–Trinajstić information content (AvgIpc) is 2.65. The van der Waals surface area contributed by atoms with Crippen LogP contribution in [-0.2, 0) is 22.7 Å². The Morgan fingerprint density at radius 3 is 1.78 bits per heavy atom. The molecular formula is C26H38N6. The molecule has 1 aliphatic heterocycles. The Bertz CT molecular complexity index is 992. The van der Waals surface area contributed by atoms with Crippen LogP contribution in [0.5, 0.6) is 0 Å². The van der Waals surface area contributed by atoms with E-state index in [2.05, 4.69) is 85.5 Å². The fourth-order valence-corrected chi connectivity index (χ4v) is 4.09. The lowest BCUT2D eigenvalue weighted by molar-refractivity contribution is 0.334. The third kappa shape index (κ3) is 5.07. The van der Waals surface area contributed by atoms with Gasteiger partial charge >= 0.3 is 0 Å². The fraction of sp³-hybridized carbons (Fsp3) is 0.577. The topological polar surface area (TPSA) is 115 Å². The summed E-state index contributed by atoms with van der Waals surface area (Å²) < 4.78 is 0. The molecule has 0 aromatic heterocycles. The van der Waals surface area contributed by atoms with Gasteiger partial charge in [0.2, 0.25) is 0 Å². The number of amidine groups is 1. The highest BCUT2D eigenvalue weighted by atomic mass is 15.3. The summed E-state index contributed by atoms with van der Waals surface area (Å²) in [5.41, 5.74) is 17.3. The molecule has 0 amide bonds. The molecule has 6 heteroatoms. The number of benzene rings is 1. The van der Waals surface area contributed by atoms with Crippen molar-refractivity contribution in [3.63, 3.8) is 0 Å². The molecule has 0 fully saturated rings. The molecule has 2 rings (SSSR count). The molecule has 1 heterocycles. The van der Waals surface area contributed by atoms with Crippen LogP contribution >= 0.6 is 0 Å². The van der Waals surface area contributed by atoms with Crippen molar-refractivity contribution in [2.24, 2.45) is 16.5 Å². The predicted octanol–water partition coefficient (Wildman–Crippen LogP) is 4.34. The fourth-order valence-electron chi connectivity index (χ4n) is 4.09. The lowest BCUT2D eigenvalue weighted by Gasteiger charge is -2.36. The summed E-state index contributed by atoms with van der Waals surface area (Å²) in [5.74, 6) is 0.308. The van der Waals surface area contributed by atoms with Gasteiger partial charge < -0.3 is 16.4 Å². The van der Waals surface area contributed by atoms with Gasteiger partial charge in [0.1, 0.15) is 17.7 Å². The Labute approximate surface area is 193 Å². The minimum atomic E-state index is -0.780. The van der Waals surface area contributed by atoms with E-state index in [0.29, 0.717) is 13.0 Å². The van der Waals surface area contributed by atoms with Gasteiger partial charge in [-0.25, -0.2) is 4.99 Å². The van der Waals surface area contributed by atoms with Crippen LogP contribution in [0, 0.1) is 22.7 Å². The summed E-state index contributed by atoms with van der Waals surface area (Å²) in [4.78, 5) is 5.72. The van der Waals surface area contributed by atoms with Gasteiger partial charge in [0, 0.05) is 6.54 Å². The van der Waals surface area contributed by atoms with E-state index in [1.165, 1.54) is 22.3 Å². The highest BCUT2D eigenvalue weighted by Crippen LogP contribution is 2.38. The summed E-state index contributed by atoms with van der Waals surface area (Å²) in [6.45, 7) is 20.6. The Kier molecular flexibility index (Phi) is 6.72. The molecular weight excluding hydrogens is 396 g/mol. The minimum absolute atomic E-state index is 0.0249. The SMILES string of the molecule is CC(C)(C)c1cc(C(C)(C)C)c(CCN2C(N)=C(C#N)N=C(N)C2C#N)c(C(C)(C)C)c1. The number of nitriles is 2. The largest absolute Gasteiger partial charge is 0.384 e. The van der Waals surface area contributed by atoms with Crippen LogP contribution in [-0.4, -0.2) is 23.3 Å². The molecule has 4 N–H and O–H groups in total. The molecule has 172 valence electrons. The van der Waals surface area contributed by atoms with Crippen LogP contribution in [0.25, 0.3) is 0 Å². The molecule has 0 spiro atoms. The highest BCUT2D eigenvalue weighted by molar-refractivity contribution is 5.90. The lowest BCUT2D eigenvalue weighted by atomic mass is 9.71. The maximum Gasteiger partial charge on any atom is 0.182 e. The number of hydrogen-bond acceptors (Lipinski definition) is 6. The van der Waals surface area contributed by atoms with Crippen molar-refractivity contribution in [2.75, 3.05) is 6.54 Å². The van der Waals surface area contributed by atoms with Gasteiger partial charge in [-0.2, -0.15) is 10.5 Å². The van der Waals surface area contributed by atoms with Crippen molar-refractivity contribution in [2.45, 2.75) is 91.0 Å². The molecule has 0 aliphatic carbocycles. The zero-order valence-electron chi connectivity index (χ0n) is 21.1. The van der Waals surface area contributed by atoms with E-state index in [9.17, 15) is 10.5 Å². The first-order valence-corrected chi connectivity index (χ1v) is 11.1. The standard InChI is InChI=1S/C26H38N6/c1-24(2,3)16-12-18(25(4,5)6)17(19(13-16)26(7,8)9)10-11-32-21(15-28)22(29)31-20(14-27)23(32)30/h12-13,21H,10-11,30H2,1-9H3,(H2,29,31). The monoisotopic (exact) mass is 434 g/mol. The molecule has 0 radical (unpaired) electrons. The van der Waals surface area contributed by atoms with Crippen molar-refractivity contribution in [3.8, 4) is 12.1 Å². The van der Waals surface area contributed by atoms with E-state index in [0.717, 1.165) is 0 Å². The molecule has 1 aliphatic rings. The molecule has 0 saturated carbocycles. The van der Waals surface area contributed by atoms with E-state index in [1.807, 2.05) is 6.07 Å². The quantitative estimate of drug-likeness (QED) is 0.734. The number of rotatable bonds is 3. The Morgan fingerprint density at radius 2 is 1.41 bits per heavy atom. The lowest BCUT2D eigenvalue weighted by Crippen LogP contribution is -2.49. The van der Waals surface area contributed by atoms with Crippen molar-refractivity contribution < 1.29 is 0 Å². The molecule has 6 nitrogen and oxygen atoms in total. The summed E-state index contributed by atoms with van der Waals surface area (Å²) in [5, 5.41) is 19.1. The van der Waals surface area contributed by atoms with Gasteiger partial charge in [0.05, 0.1) is 6.07 Å². The molecule has 1 unspecified atom stereocenters. The molecule has 0 bridgehead atoms. The Balaban J connectivity index is 2.65. The zero-order chi connectivity index (χ0) is 24.6. The highest BCUT2D eigenvalue weighted by Gasteiger charge is 2.32. The number of aliphatic imine (C=N–C) groups is 1. The van der Waals surface area contributed by atoms with E-state index in [-0.39, 0.29) is 33.6 Å². The van der Waals surface area contributed by atoms with Crippen LogP contribution < -0.4 is 11.5 Å². The second-order valence-corrected chi connectivity index (χ2v) is 11.7. The summed E-state index contributed by atoms with van der Waals surface area (Å²) in [6.07, 6.45) is 0.675. The van der Waals surface area contributed by atoms with Crippen LogP contribution in [0.2, 0.25) is 0 Å².